The first-order valence-electron chi connectivity index (χ1n) is 6.68. The predicted molar refractivity (Wildman–Crippen MR) is 76.3 cm³/mol. The van der Waals surface area contributed by atoms with Gasteiger partial charge < -0.3 is 10.1 Å². The van der Waals surface area contributed by atoms with Crippen LogP contribution in [0, 0.1) is 6.92 Å². The van der Waals surface area contributed by atoms with Crippen LogP contribution in [0.15, 0.2) is 36.5 Å². The van der Waals surface area contributed by atoms with Crippen molar-refractivity contribution in [1.82, 2.24) is 15.5 Å². The van der Waals surface area contributed by atoms with Crippen LogP contribution < -0.4 is 10.1 Å². The number of hydrogen-bond donors (Lipinski definition) is 2. The second-order valence-corrected chi connectivity index (χ2v) is 4.62. The smallest absolute Gasteiger partial charge is 0.220 e. The van der Waals surface area contributed by atoms with Crippen LogP contribution in [0.5, 0.6) is 5.75 Å². The summed E-state index contributed by atoms with van der Waals surface area (Å²) in [6, 6.07) is 9.72. The number of carbonyl (C=O) groups is 1. The second kappa shape index (κ2) is 7.33. The van der Waals surface area contributed by atoms with Crippen LogP contribution in [0.3, 0.4) is 0 Å². The van der Waals surface area contributed by atoms with Crippen molar-refractivity contribution in [2.75, 3.05) is 6.61 Å². The highest BCUT2D eigenvalue weighted by atomic mass is 16.5. The molecule has 0 fully saturated rings. The van der Waals surface area contributed by atoms with Gasteiger partial charge in [-0.3, -0.25) is 9.89 Å². The van der Waals surface area contributed by atoms with Gasteiger partial charge in [0.1, 0.15) is 5.75 Å². The second-order valence-electron chi connectivity index (χ2n) is 4.62. The van der Waals surface area contributed by atoms with Crippen LogP contribution in [-0.4, -0.2) is 22.7 Å². The van der Waals surface area contributed by atoms with E-state index in [0.717, 1.165) is 11.4 Å². The molecule has 0 aliphatic heterocycles. The van der Waals surface area contributed by atoms with Crippen molar-refractivity contribution in [3.8, 4) is 5.75 Å². The molecule has 1 amide bonds. The summed E-state index contributed by atoms with van der Waals surface area (Å²) in [6.07, 6.45) is 2.82. The lowest BCUT2D eigenvalue weighted by molar-refractivity contribution is -0.121. The van der Waals surface area contributed by atoms with Crippen molar-refractivity contribution in [2.24, 2.45) is 0 Å². The summed E-state index contributed by atoms with van der Waals surface area (Å²) in [6.45, 7) is 3.06. The van der Waals surface area contributed by atoms with E-state index < -0.39 is 0 Å². The van der Waals surface area contributed by atoms with Gasteiger partial charge in [-0.05, 0) is 31.5 Å². The van der Waals surface area contributed by atoms with Crippen LogP contribution in [0.1, 0.15) is 24.1 Å². The van der Waals surface area contributed by atoms with Gasteiger partial charge in [-0.2, -0.15) is 5.10 Å². The van der Waals surface area contributed by atoms with E-state index in [0.29, 0.717) is 26.0 Å². The fourth-order valence-electron chi connectivity index (χ4n) is 1.72. The Morgan fingerprint density at radius 1 is 1.30 bits per heavy atom. The number of hydrogen-bond acceptors (Lipinski definition) is 3. The van der Waals surface area contributed by atoms with E-state index in [4.69, 9.17) is 4.74 Å². The van der Waals surface area contributed by atoms with E-state index in [1.807, 2.05) is 37.3 Å². The van der Waals surface area contributed by atoms with Crippen molar-refractivity contribution >= 4 is 5.91 Å². The van der Waals surface area contributed by atoms with Gasteiger partial charge in [-0.25, -0.2) is 0 Å². The largest absolute Gasteiger partial charge is 0.494 e. The number of benzene rings is 1. The molecule has 0 spiro atoms. The number of amides is 1. The molecule has 20 heavy (non-hydrogen) atoms. The topological polar surface area (TPSA) is 67.0 Å². The first-order valence-corrected chi connectivity index (χ1v) is 6.68. The lowest BCUT2D eigenvalue weighted by Gasteiger charge is -2.06. The van der Waals surface area contributed by atoms with E-state index in [-0.39, 0.29) is 5.91 Å². The molecule has 1 heterocycles. The summed E-state index contributed by atoms with van der Waals surface area (Å²) in [5.74, 6) is 0.862. The molecular formula is C15H19N3O2. The monoisotopic (exact) mass is 273 g/mol. The van der Waals surface area contributed by atoms with E-state index >= 15 is 0 Å². The Balaban J connectivity index is 1.58. The number of H-pyrrole nitrogens is 1. The SMILES string of the molecule is Cc1ccc(OCCCC(=O)NCc2ccn[nH]2)cc1. The third-order valence-electron chi connectivity index (χ3n) is 2.87. The molecule has 0 radical (unpaired) electrons. The Hall–Kier alpha value is -2.30. The van der Waals surface area contributed by atoms with Crippen LogP contribution in [0.25, 0.3) is 0 Å². The Morgan fingerprint density at radius 2 is 2.10 bits per heavy atom. The average molecular weight is 273 g/mol. The summed E-state index contributed by atoms with van der Waals surface area (Å²) in [4.78, 5) is 11.6. The number of carbonyl (C=O) groups excluding carboxylic acids is 1. The van der Waals surface area contributed by atoms with Crippen LogP contribution in [-0.2, 0) is 11.3 Å². The highest BCUT2D eigenvalue weighted by Gasteiger charge is 2.02. The quantitative estimate of drug-likeness (QED) is 0.760. The van der Waals surface area contributed by atoms with Gasteiger partial charge in [0.25, 0.3) is 0 Å². The number of nitrogens with zero attached hydrogens (tertiary/aromatic N) is 1. The van der Waals surface area contributed by atoms with Gasteiger partial charge in [0.15, 0.2) is 0 Å². The Kier molecular flexibility index (Phi) is 5.17. The highest BCUT2D eigenvalue weighted by molar-refractivity contribution is 5.75. The number of ether oxygens (including phenoxy) is 1. The number of aryl methyl sites for hydroxylation is 1. The van der Waals surface area contributed by atoms with Crippen LogP contribution in [0.4, 0.5) is 0 Å². The molecule has 1 aromatic carbocycles. The molecule has 1 aromatic heterocycles. The van der Waals surface area contributed by atoms with Gasteiger partial charge in [-0.15, -0.1) is 0 Å². The minimum Gasteiger partial charge on any atom is -0.494 e. The normalized spacial score (nSPS) is 10.2. The van der Waals surface area contributed by atoms with Crippen molar-refractivity contribution in [3.63, 3.8) is 0 Å². The number of nitrogens with one attached hydrogen (secondary N) is 2. The molecule has 2 rings (SSSR count). The maximum Gasteiger partial charge on any atom is 0.220 e. The van der Waals surface area contributed by atoms with Gasteiger partial charge in [-0.1, -0.05) is 17.7 Å². The molecule has 5 heteroatoms. The summed E-state index contributed by atoms with van der Waals surface area (Å²) in [7, 11) is 0. The minimum absolute atomic E-state index is 0.0205. The summed E-state index contributed by atoms with van der Waals surface area (Å²) >= 11 is 0. The van der Waals surface area contributed by atoms with E-state index in [2.05, 4.69) is 15.5 Å². The lowest BCUT2D eigenvalue weighted by Crippen LogP contribution is -2.23. The third-order valence-corrected chi connectivity index (χ3v) is 2.87. The van der Waals surface area contributed by atoms with Crippen molar-refractivity contribution in [3.05, 3.63) is 47.8 Å². The molecule has 0 saturated heterocycles. The zero-order valence-corrected chi connectivity index (χ0v) is 11.6. The molecule has 106 valence electrons. The maximum absolute atomic E-state index is 11.6. The molecule has 0 unspecified atom stereocenters. The Labute approximate surface area is 118 Å². The minimum atomic E-state index is 0.0205. The Bertz CT molecular complexity index is 521. The van der Waals surface area contributed by atoms with E-state index in [1.54, 1.807) is 6.20 Å². The molecular weight excluding hydrogens is 254 g/mol. The van der Waals surface area contributed by atoms with Gasteiger partial charge >= 0.3 is 0 Å². The van der Waals surface area contributed by atoms with Gasteiger partial charge in [0.2, 0.25) is 5.91 Å². The zero-order valence-electron chi connectivity index (χ0n) is 11.6. The van der Waals surface area contributed by atoms with Crippen LogP contribution in [0.2, 0.25) is 0 Å². The molecule has 0 aliphatic carbocycles. The number of aromatic nitrogens is 2. The standard InChI is InChI=1S/C15H19N3O2/c1-12-4-6-14(7-5-12)20-10-2-3-15(19)16-11-13-8-9-17-18-13/h4-9H,2-3,10-11H2,1H3,(H,16,19)(H,17,18). The third kappa shape index (κ3) is 4.76. The number of aromatic amines is 1. The van der Waals surface area contributed by atoms with E-state index in [1.165, 1.54) is 5.56 Å². The van der Waals surface area contributed by atoms with Crippen LogP contribution >= 0.6 is 0 Å². The molecule has 0 saturated carbocycles. The fourth-order valence-corrected chi connectivity index (χ4v) is 1.72. The summed E-state index contributed by atoms with van der Waals surface area (Å²) in [5, 5.41) is 9.44. The lowest BCUT2D eigenvalue weighted by atomic mass is 10.2. The van der Waals surface area contributed by atoms with E-state index in [9.17, 15) is 4.79 Å². The molecule has 2 N–H and O–H groups in total. The zero-order chi connectivity index (χ0) is 14.2. The molecule has 0 atom stereocenters. The molecule has 0 bridgehead atoms. The number of rotatable bonds is 7. The van der Waals surface area contributed by atoms with Gasteiger partial charge in [0, 0.05) is 12.6 Å². The predicted octanol–water partition coefficient (Wildman–Crippen LogP) is 2.19. The molecule has 2 aromatic rings. The molecule has 0 aliphatic rings. The van der Waals surface area contributed by atoms with Crippen molar-refractivity contribution in [2.45, 2.75) is 26.3 Å². The maximum atomic E-state index is 11.6. The van der Waals surface area contributed by atoms with Crippen molar-refractivity contribution in [1.29, 1.82) is 0 Å². The summed E-state index contributed by atoms with van der Waals surface area (Å²) in [5.41, 5.74) is 2.10. The first kappa shape index (κ1) is 14.1. The molecule has 5 nitrogen and oxygen atoms in total. The summed E-state index contributed by atoms with van der Waals surface area (Å²) < 4.78 is 5.57. The average Bonchev–Trinajstić information content (AvgIpc) is 2.96. The van der Waals surface area contributed by atoms with Gasteiger partial charge in [0.05, 0.1) is 18.8 Å². The Morgan fingerprint density at radius 3 is 2.80 bits per heavy atom. The van der Waals surface area contributed by atoms with Crippen molar-refractivity contribution < 1.29 is 9.53 Å². The highest BCUT2D eigenvalue weighted by Crippen LogP contribution is 2.11. The first-order chi connectivity index (χ1) is 9.74. The fraction of sp³-hybridized carbons (Fsp3) is 0.333.